The van der Waals surface area contributed by atoms with Gasteiger partial charge in [0.05, 0.1) is 17.6 Å². The van der Waals surface area contributed by atoms with Crippen LogP contribution in [0, 0.1) is 18.8 Å². The first kappa shape index (κ1) is 24.6. The molecule has 0 unspecified atom stereocenters. The largest absolute Gasteiger partial charge is 0.490 e. The fourth-order valence-electron chi connectivity index (χ4n) is 3.68. The zero-order valence-corrected chi connectivity index (χ0v) is 17.9. The van der Waals surface area contributed by atoms with Crippen molar-refractivity contribution in [3.63, 3.8) is 0 Å². The third-order valence-electron chi connectivity index (χ3n) is 5.20. The number of benzene rings is 1. The molecule has 1 aromatic carbocycles. The van der Waals surface area contributed by atoms with Crippen LogP contribution in [0.2, 0.25) is 0 Å². The van der Waals surface area contributed by atoms with Gasteiger partial charge in [0, 0.05) is 25.6 Å². The number of rotatable bonds is 4. The molecule has 0 radical (unpaired) electrons. The Balaban J connectivity index is 0.000000396. The quantitative estimate of drug-likeness (QED) is 0.754. The molecule has 0 spiro atoms. The van der Waals surface area contributed by atoms with Crippen LogP contribution in [-0.4, -0.2) is 81.3 Å². The van der Waals surface area contributed by atoms with Crippen molar-refractivity contribution in [3.8, 4) is 0 Å². The van der Waals surface area contributed by atoms with Crippen molar-refractivity contribution in [1.82, 2.24) is 9.21 Å². The summed E-state index contributed by atoms with van der Waals surface area (Å²) >= 11 is 0. The van der Waals surface area contributed by atoms with E-state index in [1.165, 1.54) is 0 Å². The zero-order valence-electron chi connectivity index (χ0n) is 17.1. The number of likely N-dealkylation sites (N-methyl/N-ethyl adjacent to an activating group) is 1. The van der Waals surface area contributed by atoms with Gasteiger partial charge in [0.2, 0.25) is 10.0 Å². The van der Waals surface area contributed by atoms with Crippen molar-refractivity contribution in [2.75, 3.05) is 40.3 Å². The van der Waals surface area contributed by atoms with Crippen molar-refractivity contribution in [2.45, 2.75) is 30.5 Å². The number of hydrogen-bond donors (Lipinski definition) is 1. The zero-order chi connectivity index (χ0) is 22.7. The van der Waals surface area contributed by atoms with E-state index in [0.29, 0.717) is 36.4 Å². The topological polar surface area (TPSA) is 87.2 Å². The van der Waals surface area contributed by atoms with Crippen molar-refractivity contribution in [2.24, 2.45) is 11.8 Å². The Morgan fingerprint density at radius 3 is 2.33 bits per heavy atom. The normalized spacial score (nSPS) is 24.8. The number of alkyl halides is 3. The molecule has 2 heterocycles. The van der Waals surface area contributed by atoms with Gasteiger partial charge in [-0.1, -0.05) is 17.7 Å². The van der Waals surface area contributed by atoms with E-state index in [1.54, 1.807) is 16.4 Å². The summed E-state index contributed by atoms with van der Waals surface area (Å²) in [6.07, 6.45) is -3.96. The van der Waals surface area contributed by atoms with E-state index in [0.717, 1.165) is 18.5 Å². The highest BCUT2D eigenvalue weighted by atomic mass is 32.2. The molecule has 0 saturated carbocycles. The first-order valence-electron chi connectivity index (χ1n) is 9.45. The van der Waals surface area contributed by atoms with Crippen molar-refractivity contribution >= 4 is 16.0 Å². The molecule has 2 saturated heterocycles. The van der Waals surface area contributed by atoms with Crippen LogP contribution in [0.4, 0.5) is 13.2 Å². The molecule has 0 aliphatic carbocycles. The molecule has 2 aliphatic rings. The standard InChI is InChI=1S/C17H26N2O3S.C2HF3O2/c1-13-4-6-15(7-5-13)23(20,21)19-9-8-16-14(10-19)12-22-17(16)11-18(2)3;3-2(4,5)1(6)7/h4-7,14,16-17H,8-12H2,1-3H3;(H,6,7)/t14-,16-,17+;/m1./s1. The van der Waals surface area contributed by atoms with Crippen molar-refractivity contribution in [3.05, 3.63) is 29.8 Å². The Labute approximate surface area is 174 Å². The highest BCUT2D eigenvalue weighted by Crippen LogP contribution is 2.36. The molecule has 2 fully saturated rings. The van der Waals surface area contributed by atoms with Crippen LogP contribution in [0.3, 0.4) is 0 Å². The summed E-state index contributed by atoms with van der Waals surface area (Å²) in [7, 11) is 0.708. The summed E-state index contributed by atoms with van der Waals surface area (Å²) in [6.45, 7) is 4.70. The predicted octanol–water partition coefficient (Wildman–Crippen LogP) is 2.22. The maximum Gasteiger partial charge on any atom is 0.490 e. The molecule has 0 aromatic heterocycles. The van der Waals surface area contributed by atoms with Gasteiger partial charge in [-0.3, -0.25) is 0 Å². The Kier molecular flexibility index (Phi) is 7.89. The number of carboxylic acids is 1. The third-order valence-corrected chi connectivity index (χ3v) is 7.08. The van der Waals surface area contributed by atoms with Crippen LogP contribution < -0.4 is 0 Å². The highest BCUT2D eigenvalue weighted by Gasteiger charge is 2.43. The van der Waals surface area contributed by atoms with E-state index in [-0.39, 0.29) is 6.10 Å². The first-order chi connectivity index (χ1) is 13.8. The number of halogens is 3. The number of piperidine rings is 1. The minimum atomic E-state index is -5.08. The molecule has 1 N–H and O–H groups in total. The Morgan fingerprint density at radius 1 is 1.27 bits per heavy atom. The number of fused-ring (bicyclic) bond motifs is 1. The number of sulfonamides is 1. The van der Waals surface area contributed by atoms with E-state index >= 15 is 0 Å². The summed E-state index contributed by atoms with van der Waals surface area (Å²) in [5, 5.41) is 7.12. The van der Waals surface area contributed by atoms with Crippen LogP contribution in [0.25, 0.3) is 0 Å². The van der Waals surface area contributed by atoms with Gasteiger partial charge < -0.3 is 14.7 Å². The van der Waals surface area contributed by atoms with Gasteiger partial charge in [-0.15, -0.1) is 0 Å². The second-order valence-electron chi connectivity index (χ2n) is 7.83. The number of aryl methyl sites for hydroxylation is 1. The molecule has 0 amide bonds. The molecule has 30 heavy (non-hydrogen) atoms. The molecule has 7 nitrogen and oxygen atoms in total. The number of carbonyl (C=O) groups is 1. The molecule has 3 rings (SSSR count). The van der Waals surface area contributed by atoms with Crippen LogP contribution in [-0.2, 0) is 19.6 Å². The van der Waals surface area contributed by atoms with E-state index in [2.05, 4.69) is 4.90 Å². The number of ether oxygens (including phenoxy) is 1. The minimum absolute atomic E-state index is 0.235. The molecule has 170 valence electrons. The van der Waals surface area contributed by atoms with Gasteiger partial charge in [-0.2, -0.15) is 17.5 Å². The number of aliphatic carboxylic acids is 1. The predicted molar refractivity (Wildman–Crippen MR) is 104 cm³/mol. The number of nitrogens with zero attached hydrogens (tertiary/aromatic N) is 2. The second-order valence-corrected chi connectivity index (χ2v) is 9.76. The Morgan fingerprint density at radius 2 is 1.83 bits per heavy atom. The number of hydrogen-bond acceptors (Lipinski definition) is 5. The molecular weight excluding hydrogens is 425 g/mol. The Bertz CT molecular complexity index is 828. The lowest BCUT2D eigenvalue weighted by Gasteiger charge is -2.35. The summed E-state index contributed by atoms with van der Waals surface area (Å²) in [6, 6.07) is 7.12. The molecule has 1 aromatic rings. The van der Waals surface area contributed by atoms with Crippen molar-refractivity contribution < 1.29 is 36.2 Å². The molecular formula is C19H27F3N2O5S. The maximum atomic E-state index is 12.8. The molecule has 3 atom stereocenters. The van der Waals surface area contributed by atoms with E-state index < -0.39 is 22.2 Å². The van der Waals surface area contributed by atoms with Crippen LogP contribution in [0.1, 0.15) is 12.0 Å². The second kappa shape index (κ2) is 9.63. The first-order valence-corrected chi connectivity index (χ1v) is 10.9. The van der Waals surface area contributed by atoms with Crippen LogP contribution in [0.15, 0.2) is 29.2 Å². The smallest absolute Gasteiger partial charge is 0.475 e. The number of carboxylic acid groups (broad SMARTS) is 1. The van der Waals surface area contributed by atoms with Gasteiger partial charge in [0.25, 0.3) is 0 Å². The fraction of sp³-hybridized carbons (Fsp3) is 0.632. The van der Waals surface area contributed by atoms with Crippen molar-refractivity contribution in [1.29, 1.82) is 0 Å². The monoisotopic (exact) mass is 452 g/mol. The lowest BCUT2D eigenvalue weighted by molar-refractivity contribution is -0.192. The summed E-state index contributed by atoms with van der Waals surface area (Å²) in [5.41, 5.74) is 1.07. The Hall–Kier alpha value is -1.69. The summed E-state index contributed by atoms with van der Waals surface area (Å²) in [5.74, 6) is -1.97. The van der Waals surface area contributed by atoms with Gasteiger partial charge >= 0.3 is 12.1 Å². The average Bonchev–Trinajstić information content (AvgIpc) is 3.03. The summed E-state index contributed by atoms with van der Waals surface area (Å²) < 4.78 is 65.0. The van der Waals surface area contributed by atoms with Gasteiger partial charge in [-0.05, 0) is 45.5 Å². The van der Waals surface area contributed by atoms with E-state index in [4.69, 9.17) is 14.6 Å². The minimum Gasteiger partial charge on any atom is -0.475 e. The summed E-state index contributed by atoms with van der Waals surface area (Å²) in [4.78, 5) is 11.4. The average molecular weight is 452 g/mol. The van der Waals surface area contributed by atoms with Crippen LogP contribution >= 0.6 is 0 Å². The molecule has 2 aliphatic heterocycles. The third kappa shape index (κ3) is 6.16. The molecule has 0 bridgehead atoms. The van der Waals surface area contributed by atoms with E-state index in [1.807, 2.05) is 33.2 Å². The lowest BCUT2D eigenvalue weighted by Crippen LogP contribution is -2.45. The lowest BCUT2D eigenvalue weighted by atomic mass is 9.85. The highest BCUT2D eigenvalue weighted by molar-refractivity contribution is 7.89. The van der Waals surface area contributed by atoms with Crippen LogP contribution in [0.5, 0.6) is 0 Å². The van der Waals surface area contributed by atoms with E-state index in [9.17, 15) is 21.6 Å². The maximum absolute atomic E-state index is 12.8. The van der Waals surface area contributed by atoms with Gasteiger partial charge in [0.1, 0.15) is 0 Å². The van der Waals surface area contributed by atoms with Gasteiger partial charge in [0.15, 0.2) is 0 Å². The SMILES string of the molecule is Cc1ccc(S(=O)(=O)N2CC[C@@H]3[C@@H](CO[C@H]3CN(C)C)C2)cc1.O=C(O)C(F)(F)F. The molecule has 11 heteroatoms. The fourth-order valence-corrected chi connectivity index (χ4v) is 5.19. The van der Waals surface area contributed by atoms with Gasteiger partial charge in [-0.25, -0.2) is 13.2 Å².